The van der Waals surface area contributed by atoms with E-state index in [9.17, 15) is 14.4 Å². The van der Waals surface area contributed by atoms with Gasteiger partial charge in [-0.25, -0.2) is 0 Å². The Bertz CT molecular complexity index is 905. The first-order valence-corrected chi connectivity index (χ1v) is 21.5. The Morgan fingerprint density at radius 3 is 0.982 bits per heavy atom. The summed E-state index contributed by atoms with van der Waals surface area (Å²) in [7, 11) is 0. The van der Waals surface area contributed by atoms with Crippen molar-refractivity contribution in [1.82, 2.24) is 4.90 Å². The molecule has 0 aromatic heterocycles. The number of nitrogens with zero attached hydrogens (tertiary/aromatic N) is 1. The predicted octanol–water partition coefficient (Wildman–Crippen LogP) is 5.87. The molecule has 0 bridgehead atoms. The third kappa shape index (κ3) is 36.3. The summed E-state index contributed by atoms with van der Waals surface area (Å²) in [5.41, 5.74) is 0. The number of imide groups is 1. The van der Waals surface area contributed by atoms with E-state index >= 15 is 0 Å². The first-order valence-electron chi connectivity index (χ1n) is 21.5. The van der Waals surface area contributed by atoms with Gasteiger partial charge in [-0.05, 0) is 6.42 Å². The third-order valence-electron chi connectivity index (χ3n) is 8.81. The second-order valence-electron chi connectivity index (χ2n) is 13.6. The van der Waals surface area contributed by atoms with Crippen LogP contribution in [0.4, 0.5) is 0 Å². The summed E-state index contributed by atoms with van der Waals surface area (Å²) in [6.07, 6.45) is 22.7. The van der Waals surface area contributed by atoms with Gasteiger partial charge >= 0.3 is 5.97 Å². The van der Waals surface area contributed by atoms with E-state index in [2.05, 4.69) is 6.92 Å². The third-order valence-corrected chi connectivity index (χ3v) is 8.81. The zero-order chi connectivity index (χ0) is 40.3. The van der Waals surface area contributed by atoms with Crippen LogP contribution in [0.5, 0.6) is 0 Å². The van der Waals surface area contributed by atoms with E-state index in [0.717, 1.165) is 17.7 Å². The van der Waals surface area contributed by atoms with Crippen LogP contribution in [-0.2, 0) is 61.8 Å². The highest BCUT2D eigenvalue weighted by Gasteiger charge is 2.22. The molecule has 0 aromatic carbocycles. The summed E-state index contributed by atoms with van der Waals surface area (Å²) in [6.45, 7) is 10.8. The molecule has 2 amide bonds. The average Bonchev–Trinajstić information content (AvgIpc) is 3.52. The molecule has 0 N–H and O–H groups in total. The van der Waals surface area contributed by atoms with E-state index in [0.29, 0.717) is 119 Å². The van der Waals surface area contributed by atoms with Crippen LogP contribution < -0.4 is 0 Å². The molecular formula is C42H77NO13. The number of esters is 1. The Morgan fingerprint density at radius 1 is 0.393 bits per heavy atom. The molecule has 328 valence electrons. The van der Waals surface area contributed by atoms with Gasteiger partial charge in [0.25, 0.3) is 11.8 Å². The molecule has 1 heterocycles. The van der Waals surface area contributed by atoms with Crippen LogP contribution in [0.2, 0.25) is 0 Å². The van der Waals surface area contributed by atoms with Crippen molar-refractivity contribution in [2.24, 2.45) is 0 Å². The monoisotopic (exact) mass is 804 g/mol. The average molecular weight is 804 g/mol. The molecule has 1 rings (SSSR count). The van der Waals surface area contributed by atoms with E-state index in [1.54, 1.807) is 0 Å². The molecule has 1 aliphatic rings. The molecule has 0 saturated carbocycles. The lowest BCUT2D eigenvalue weighted by atomic mass is 10.0. The van der Waals surface area contributed by atoms with Crippen LogP contribution in [0.1, 0.15) is 110 Å². The van der Waals surface area contributed by atoms with Crippen LogP contribution in [0.3, 0.4) is 0 Å². The minimum absolute atomic E-state index is 0.137. The SMILES string of the molecule is CCCCCCCCCCCCCCCCCC(=O)OCCOCCOCCOCCOCCOCCOCCOCCOCCOCCN1C(=O)C=CC1=O. The number of carbonyl (C=O) groups excluding carboxylic acids is 3. The molecule has 0 aromatic rings. The zero-order valence-corrected chi connectivity index (χ0v) is 34.9. The largest absolute Gasteiger partial charge is 0.463 e. The van der Waals surface area contributed by atoms with Crippen molar-refractivity contribution in [2.75, 3.05) is 132 Å². The van der Waals surface area contributed by atoms with Gasteiger partial charge in [-0.1, -0.05) is 96.8 Å². The number of amides is 2. The van der Waals surface area contributed by atoms with Crippen LogP contribution in [0.25, 0.3) is 0 Å². The number of ether oxygens (including phenoxy) is 10. The van der Waals surface area contributed by atoms with Gasteiger partial charge in [0.2, 0.25) is 0 Å². The second kappa shape index (κ2) is 42.6. The number of rotatable bonds is 46. The summed E-state index contributed by atoms with van der Waals surface area (Å²) in [4.78, 5) is 35.9. The maximum Gasteiger partial charge on any atom is 0.305 e. The molecule has 0 radical (unpaired) electrons. The van der Waals surface area contributed by atoms with Gasteiger partial charge < -0.3 is 47.4 Å². The fourth-order valence-corrected chi connectivity index (χ4v) is 5.60. The molecule has 14 heteroatoms. The molecule has 1 aliphatic heterocycles. The van der Waals surface area contributed by atoms with Crippen molar-refractivity contribution in [1.29, 1.82) is 0 Å². The van der Waals surface area contributed by atoms with Crippen LogP contribution in [-0.4, -0.2) is 155 Å². The van der Waals surface area contributed by atoms with Crippen LogP contribution in [0, 0.1) is 0 Å². The molecule has 0 fully saturated rings. The molecule has 0 atom stereocenters. The van der Waals surface area contributed by atoms with Gasteiger partial charge in [0.1, 0.15) is 6.61 Å². The fraction of sp³-hybridized carbons (Fsp3) is 0.881. The Morgan fingerprint density at radius 2 is 0.661 bits per heavy atom. The molecule has 0 spiro atoms. The van der Waals surface area contributed by atoms with E-state index in [1.807, 2.05) is 0 Å². The highest BCUT2D eigenvalue weighted by molar-refractivity contribution is 6.12. The first-order chi connectivity index (χ1) is 27.6. The molecule has 0 saturated heterocycles. The van der Waals surface area contributed by atoms with Crippen molar-refractivity contribution >= 4 is 17.8 Å². The fourth-order valence-electron chi connectivity index (χ4n) is 5.60. The summed E-state index contributed by atoms with van der Waals surface area (Å²) < 4.78 is 54.4. The van der Waals surface area contributed by atoms with Gasteiger partial charge in [0, 0.05) is 18.6 Å². The predicted molar refractivity (Wildman–Crippen MR) is 214 cm³/mol. The maximum absolute atomic E-state index is 11.9. The highest BCUT2D eigenvalue weighted by Crippen LogP contribution is 2.14. The van der Waals surface area contributed by atoms with Gasteiger partial charge in [-0.2, -0.15) is 0 Å². The van der Waals surface area contributed by atoms with Crippen molar-refractivity contribution < 1.29 is 61.8 Å². The molecule has 56 heavy (non-hydrogen) atoms. The van der Waals surface area contributed by atoms with Crippen LogP contribution in [0.15, 0.2) is 12.2 Å². The maximum atomic E-state index is 11.9. The Hall–Kier alpha value is -2.01. The van der Waals surface area contributed by atoms with Gasteiger partial charge in [-0.15, -0.1) is 0 Å². The Kier molecular flexibility index (Phi) is 39.6. The molecule has 14 nitrogen and oxygen atoms in total. The number of carbonyl (C=O) groups is 3. The lowest BCUT2D eigenvalue weighted by molar-refractivity contribution is -0.145. The number of hydrogen-bond acceptors (Lipinski definition) is 13. The topological polar surface area (TPSA) is 147 Å². The smallest absolute Gasteiger partial charge is 0.305 e. The highest BCUT2D eigenvalue weighted by atomic mass is 16.6. The number of unbranched alkanes of at least 4 members (excludes halogenated alkanes) is 14. The van der Waals surface area contributed by atoms with Crippen LogP contribution >= 0.6 is 0 Å². The second-order valence-corrected chi connectivity index (χ2v) is 13.6. The zero-order valence-electron chi connectivity index (χ0n) is 34.9. The van der Waals surface area contributed by atoms with E-state index in [1.165, 1.54) is 95.6 Å². The van der Waals surface area contributed by atoms with Crippen molar-refractivity contribution in [2.45, 2.75) is 110 Å². The Labute approximate surface area is 337 Å². The quantitative estimate of drug-likeness (QED) is 0.0412. The van der Waals surface area contributed by atoms with Crippen molar-refractivity contribution in [3.05, 3.63) is 12.2 Å². The van der Waals surface area contributed by atoms with E-state index in [4.69, 9.17) is 47.4 Å². The van der Waals surface area contributed by atoms with Gasteiger partial charge in [0.15, 0.2) is 0 Å². The van der Waals surface area contributed by atoms with Crippen molar-refractivity contribution in [3.8, 4) is 0 Å². The summed E-state index contributed by atoms with van der Waals surface area (Å²) in [5.74, 6) is -0.751. The minimum Gasteiger partial charge on any atom is -0.463 e. The van der Waals surface area contributed by atoms with E-state index < -0.39 is 0 Å². The summed E-state index contributed by atoms with van der Waals surface area (Å²) >= 11 is 0. The molecular weight excluding hydrogens is 726 g/mol. The van der Waals surface area contributed by atoms with E-state index in [-0.39, 0.29) is 37.5 Å². The standard InChI is InChI=1S/C42H77NO13/c1-2-3-4-5-6-7-8-9-10-11-12-13-14-15-16-17-42(46)56-39-38-55-37-36-54-35-34-53-33-32-52-31-30-51-29-28-50-27-26-49-25-24-48-23-22-47-21-20-43-40(44)18-19-41(43)45/h18-19H,2-17,20-39H2,1H3. The Balaban J connectivity index is 1.64. The molecule has 0 unspecified atom stereocenters. The summed E-state index contributed by atoms with van der Waals surface area (Å²) in [6, 6.07) is 0. The summed E-state index contributed by atoms with van der Waals surface area (Å²) in [5, 5.41) is 0. The first kappa shape index (κ1) is 52.0. The lowest BCUT2D eigenvalue weighted by Crippen LogP contribution is -2.33. The number of hydrogen-bond donors (Lipinski definition) is 0. The van der Waals surface area contributed by atoms with Gasteiger partial charge in [0.05, 0.1) is 125 Å². The minimum atomic E-state index is -0.307. The van der Waals surface area contributed by atoms with Gasteiger partial charge in [-0.3, -0.25) is 19.3 Å². The molecule has 0 aliphatic carbocycles. The normalized spacial score (nSPS) is 12.8. The van der Waals surface area contributed by atoms with Crippen molar-refractivity contribution in [3.63, 3.8) is 0 Å². The lowest BCUT2D eigenvalue weighted by Gasteiger charge is -2.13.